The van der Waals surface area contributed by atoms with Gasteiger partial charge in [-0.2, -0.15) is 0 Å². The lowest BCUT2D eigenvalue weighted by Crippen LogP contribution is -2.43. The van der Waals surface area contributed by atoms with Crippen molar-refractivity contribution in [3.05, 3.63) is 0 Å². The van der Waals surface area contributed by atoms with Crippen LogP contribution in [0.3, 0.4) is 0 Å². The van der Waals surface area contributed by atoms with Gasteiger partial charge in [-0.05, 0) is 51.6 Å². The maximum absolute atomic E-state index is 6.11. The summed E-state index contributed by atoms with van der Waals surface area (Å²) in [6.45, 7) is 7.70. The van der Waals surface area contributed by atoms with Crippen LogP contribution in [0.4, 0.5) is 0 Å². The van der Waals surface area contributed by atoms with E-state index in [9.17, 15) is 0 Å². The van der Waals surface area contributed by atoms with Gasteiger partial charge in [0.1, 0.15) is 0 Å². The number of hydrogen-bond donors (Lipinski definition) is 1. The van der Waals surface area contributed by atoms with Crippen molar-refractivity contribution in [2.24, 2.45) is 0 Å². The summed E-state index contributed by atoms with van der Waals surface area (Å²) in [6.07, 6.45) is 10.2. The molecule has 1 N–H and O–H groups in total. The molecule has 0 aliphatic heterocycles. The molecule has 0 saturated heterocycles. The van der Waals surface area contributed by atoms with Crippen LogP contribution in [0.15, 0.2) is 0 Å². The predicted molar refractivity (Wildman–Crippen MR) is 69.8 cm³/mol. The molecule has 0 unspecified atom stereocenters. The highest BCUT2D eigenvalue weighted by atomic mass is 16.5. The third-order valence-corrected chi connectivity index (χ3v) is 3.61. The molecule has 0 radical (unpaired) electrons. The molecule has 0 amide bonds. The lowest BCUT2D eigenvalue weighted by atomic mass is 9.77. The SMILES string of the molecule is CCCCCOC1(CCNCCC)CCC1. The molecule has 0 atom stereocenters. The van der Waals surface area contributed by atoms with E-state index in [1.165, 1.54) is 51.4 Å². The second-order valence-electron chi connectivity index (χ2n) is 5.09. The van der Waals surface area contributed by atoms with Gasteiger partial charge in [-0.25, -0.2) is 0 Å². The van der Waals surface area contributed by atoms with E-state index >= 15 is 0 Å². The molecule has 0 aromatic rings. The highest BCUT2D eigenvalue weighted by Gasteiger charge is 2.37. The summed E-state index contributed by atoms with van der Waals surface area (Å²) in [6, 6.07) is 0. The molecule has 0 spiro atoms. The van der Waals surface area contributed by atoms with E-state index in [1.54, 1.807) is 0 Å². The summed E-state index contributed by atoms with van der Waals surface area (Å²) in [5.41, 5.74) is 0.258. The molecular formula is C14H29NO. The third kappa shape index (κ3) is 4.84. The predicted octanol–water partition coefficient (Wildman–Crippen LogP) is 3.51. The van der Waals surface area contributed by atoms with Gasteiger partial charge in [-0.1, -0.05) is 26.7 Å². The maximum atomic E-state index is 6.11. The van der Waals surface area contributed by atoms with E-state index < -0.39 is 0 Å². The van der Waals surface area contributed by atoms with Crippen LogP contribution in [0.1, 0.15) is 65.2 Å². The van der Waals surface area contributed by atoms with Gasteiger partial charge < -0.3 is 10.1 Å². The smallest absolute Gasteiger partial charge is 0.0694 e. The van der Waals surface area contributed by atoms with E-state index in [-0.39, 0.29) is 5.60 Å². The average molecular weight is 227 g/mol. The van der Waals surface area contributed by atoms with E-state index in [0.29, 0.717) is 0 Å². The topological polar surface area (TPSA) is 21.3 Å². The van der Waals surface area contributed by atoms with Crippen LogP contribution in [0.5, 0.6) is 0 Å². The van der Waals surface area contributed by atoms with E-state index in [1.807, 2.05) is 0 Å². The van der Waals surface area contributed by atoms with Crippen LogP contribution in [0.25, 0.3) is 0 Å². The number of nitrogens with one attached hydrogen (secondary N) is 1. The first kappa shape index (κ1) is 14.0. The fourth-order valence-corrected chi connectivity index (χ4v) is 2.30. The van der Waals surface area contributed by atoms with Crippen molar-refractivity contribution >= 4 is 0 Å². The zero-order valence-electron chi connectivity index (χ0n) is 11.2. The molecule has 1 rings (SSSR count). The van der Waals surface area contributed by atoms with Crippen molar-refractivity contribution in [2.45, 2.75) is 70.8 Å². The monoisotopic (exact) mass is 227 g/mol. The molecular weight excluding hydrogens is 198 g/mol. The van der Waals surface area contributed by atoms with Crippen molar-refractivity contribution in [2.75, 3.05) is 19.7 Å². The minimum Gasteiger partial charge on any atom is -0.375 e. The van der Waals surface area contributed by atoms with Crippen molar-refractivity contribution in [3.63, 3.8) is 0 Å². The van der Waals surface area contributed by atoms with Gasteiger partial charge in [-0.15, -0.1) is 0 Å². The standard InChI is InChI=1S/C14H29NO/c1-3-5-6-13-16-14(8-7-9-14)10-12-15-11-4-2/h15H,3-13H2,1-2H3. The second kappa shape index (κ2) is 8.08. The van der Waals surface area contributed by atoms with Gasteiger partial charge in [-0.3, -0.25) is 0 Å². The number of hydrogen-bond acceptors (Lipinski definition) is 2. The Bertz CT molecular complexity index is 152. The first-order valence-electron chi connectivity index (χ1n) is 7.17. The van der Waals surface area contributed by atoms with E-state index in [0.717, 1.165) is 19.7 Å². The molecule has 0 heterocycles. The molecule has 0 bridgehead atoms. The van der Waals surface area contributed by atoms with Crippen molar-refractivity contribution in [1.29, 1.82) is 0 Å². The second-order valence-corrected chi connectivity index (χ2v) is 5.09. The summed E-state index contributed by atoms with van der Waals surface area (Å²) in [4.78, 5) is 0. The largest absolute Gasteiger partial charge is 0.375 e. The van der Waals surface area contributed by atoms with Gasteiger partial charge in [0, 0.05) is 6.61 Å². The summed E-state index contributed by atoms with van der Waals surface area (Å²) in [7, 11) is 0. The highest BCUT2D eigenvalue weighted by molar-refractivity contribution is 4.90. The van der Waals surface area contributed by atoms with E-state index in [2.05, 4.69) is 19.2 Å². The van der Waals surface area contributed by atoms with Gasteiger partial charge in [0.25, 0.3) is 0 Å². The van der Waals surface area contributed by atoms with Gasteiger partial charge in [0.2, 0.25) is 0 Å². The zero-order valence-corrected chi connectivity index (χ0v) is 11.2. The Morgan fingerprint density at radius 3 is 2.44 bits per heavy atom. The molecule has 1 saturated carbocycles. The van der Waals surface area contributed by atoms with Crippen LogP contribution in [-0.2, 0) is 4.74 Å². The first-order chi connectivity index (χ1) is 7.83. The minimum atomic E-state index is 0.258. The summed E-state index contributed by atoms with van der Waals surface area (Å²) in [5.74, 6) is 0. The summed E-state index contributed by atoms with van der Waals surface area (Å²) < 4.78 is 6.11. The fourth-order valence-electron chi connectivity index (χ4n) is 2.30. The summed E-state index contributed by atoms with van der Waals surface area (Å²) in [5, 5.41) is 3.48. The highest BCUT2D eigenvalue weighted by Crippen LogP contribution is 2.38. The first-order valence-corrected chi connectivity index (χ1v) is 7.17. The maximum Gasteiger partial charge on any atom is 0.0694 e. The molecule has 1 aliphatic carbocycles. The van der Waals surface area contributed by atoms with Crippen LogP contribution < -0.4 is 5.32 Å². The van der Waals surface area contributed by atoms with Gasteiger partial charge in [0.15, 0.2) is 0 Å². The van der Waals surface area contributed by atoms with Crippen molar-refractivity contribution in [1.82, 2.24) is 5.32 Å². The number of ether oxygens (including phenoxy) is 1. The molecule has 0 aromatic carbocycles. The zero-order chi connectivity index (χ0) is 11.7. The Morgan fingerprint density at radius 1 is 1.06 bits per heavy atom. The van der Waals surface area contributed by atoms with Crippen LogP contribution in [0, 0.1) is 0 Å². The van der Waals surface area contributed by atoms with Gasteiger partial charge in [0.05, 0.1) is 5.60 Å². The molecule has 16 heavy (non-hydrogen) atoms. The normalized spacial score (nSPS) is 18.4. The Labute approximate surface area is 101 Å². The van der Waals surface area contributed by atoms with Gasteiger partial charge >= 0.3 is 0 Å². The lowest BCUT2D eigenvalue weighted by molar-refractivity contribution is -0.105. The average Bonchev–Trinajstić information content (AvgIpc) is 2.25. The van der Waals surface area contributed by atoms with Crippen LogP contribution >= 0.6 is 0 Å². The van der Waals surface area contributed by atoms with Crippen LogP contribution in [-0.4, -0.2) is 25.3 Å². The minimum absolute atomic E-state index is 0.258. The summed E-state index contributed by atoms with van der Waals surface area (Å²) >= 11 is 0. The molecule has 96 valence electrons. The molecule has 0 aromatic heterocycles. The quantitative estimate of drug-likeness (QED) is 0.577. The molecule has 2 heteroatoms. The molecule has 1 aliphatic rings. The Hall–Kier alpha value is -0.0800. The Morgan fingerprint density at radius 2 is 1.88 bits per heavy atom. The van der Waals surface area contributed by atoms with Crippen molar-refractivity contribution < 1.29 is 4.74 Å². The third-order valence-electron chi connectivity index (χ3n) is 3.61. The Balaban J connectivity index is 2.07. The fraction of sp³-hybridized carbons (Fsp3) is 1.00. The lowest BCUT2D eigenvalue weighted by Gasteiger charge is -2.42. The van der Waals surface area contributed by atoms with Crippen molar-refractivity contribution in [3.8, 4) is 0 Å². The number of unbranched alkanes of at least 4 members (excludes halogenated alkanes) is 2. The Kier molecular flexibility index (Phi) is 7.06. The molecule has 2 nitrogen and oxygen atoms in total. The number of rotatable bonds is 10. The van der Waals surface area contributed by atoms with E-state index in [4.69, 9.17) is 4.74 Å². The van der Waals surface area contributed by atoms with Crippen LogP contribution in [0.2, 0.25) is 0 Å². The molecule has 1 fully saturated rings.